The molecule has 33 heavy (non-hydrogen) atoms. The number of rotatable bonds is 7. The zero-order valence-corrected chi connectivity index (χ0v) is 18.5. The van der Waals surface area contributed by atoms with Crippen molar-refractivity contribution in [1.82, 2.24) is 0 Å². The molecule has 0 heterocycles. The SMILES string of the molecule is Cc1ccc(NC(=O)COC(=O)c2ccccc2NS(=O)(=O)c2ccc(F)cc2C)c(F)c1. The lowest BCUT2D eigenvalue weighted by atomic mass is 10.2. The van der Waals surface area contributed by atoms with Crippen molar-refractivity contribution in [3.05, 3.63) is 89.0 Å². The summed E-state index contributed by atoms with van der Waals surface area (Å²) in [6.45, 7) is 2.41. The highest BCUT2D eigenvalue weighted by Crippen LogP contribution is 2.23. The number of aryl methyl sites for hydroxylation is 2. The molecule has 0 atom stereocenters. The predicted molar refractivity (Wildman–Crippen MR) is 118 cm³/mol. The lowest BCUT2D eigenvalue weighted by Gasteiger charge is -2.14. The molecule has 0 aromatic heterocycles. The Kier molecular flexibility index (Phi) is 7.07. The number of sulfonamides is 1. The smallest absolute Gasteiger partial charge is 0.340 e. The van der Waals surface area contributed by atoms with E-state index in [0.717, 1.165) is 18.2 Å². The molecule has 0 saturated heterocycles. The van der Waals surface area contributed by atoms with Crippen LogP contribution in [0, 0.1) is 25.5 Å². The minimum atomic E-state index is -4.14. The number of carbonyl (C=O) groups excluding carboxylic acids is 2. The summed E-state index contributed by atoms with van der Waals surface area (Å²) in [7, 11) is -4.14. The van der Waals surface area contributed by atoms with Gasteiger partial charge in [-0.15, -0.1) is 0 Å². The third-order valence-electron chi connectivity index (χ3n) is 4.55. The van der Waals surface area contributed by atoms with Crippen LogP contribution in [0.2, 0.25) is 0 Å². The molecule has 3 rings (SSSR count). The Morgan fingerprint density at radius 2 is 1.67 bits per heavy atom. The maximum absolute atomic E-state index is 13.9. The molecule has 0 aliphatic rings. The first-order valence-corrected chi connectivity index (χ1v) is 11.2. The van der Waals surface area contributed by atoms with Gasteiger partial charge in [0, 0.05) is 0 Å². The van der Waals surface area contributed by atoms with Crippen molar-refractivity contribution < 1.29 is 31.5 Å². The molecule has 0 fully saturated rings. The number of benzene rings is 3. The number of para-hydroxylation sites is 1. The quantitative estimate of drug-likeness (QED) is 0.501. The molecule has 0 bridgehead atoms. The molecule has 0 aliphatic carbocycles. The minimum Gasteiger partial charge on any atom is -0.452 e. The van der Waals surface area contributed by atoms with E-state index in [1.54, 1.807) is 13.0 Å². The summed E-state index contributed by atoms with van der Waals surface area (Å²) in [6, 6.07) is 13.1. The fourth-order valence-corrected chi connectivity index (χ4v) is 4.29. The summed E-state index contributed by atoms with van der Waals surface area (Å²) in [4.78, 5) is 24.4. The van der Waals surface area contributed by atoms with E-state index in [2.05, 4.69) is 10.0 Å². The summed E-state index contributed by atoms with van der Waals surface area (Å²) in [5.41, 5.74) is 0.560. The Bertz CT molecular complexity index is 1330. The molecular formula is C23H20F2N2O5S. The van der Waals surface area contributed by atoms with Crippen molar-refractivity contribution in [2.45, 2.75) is 18.7 Å². The van der Waals surface area contributed by atoms with Crippen LogP contribution in [-0.4, -0.2) is 26.9 Å². The topological polar surface area (TPSA) is 102 Å². The average Bonchev–Trinajstić information content (AvgIpc) is 2.74. The van der Waals surface area contributed by atoms with Crippen LogP contribution in [0.4, 0.5) is 20.2 Å². The van der Waals surface area contributed by atoms with E-state index in [1.165, 1.54) is 43.3 Å². The van der Waals surface area contributed by atoms with E-state index < -0.39 is 40.1 Å². The highest BCUT2D eigenvalue weighted by Gasteiger charge is 2.22. The highest BCUT2D eigenvalue weighted by atomic mass is 32.2. The van der Waals surface area contributed by atoms with Gasteiger partial charge in [0.05, 0.1) is 21.8 Å². The van der Waals surface area contributed by atoms with Gasteiger partial charge in [0.2, 0.25) is 0 Å². The molecule has 172 valence electrons. The summed E-state index contributed by atoms with van der Waals surface area (Å²) >= 11 is 0. The normalized spacial score (nSPS) is 11.0. The number of carbonyl (C=O) groups is 2. The number of amides is 1. The highest BCUT2D eigenvalue weighted by molar-refractivity contribution is 7.92. The van der Waals surface area contributed by atoms with Crippen molar-refractivity contribution in [1.29, 1.82) is 0 Å². The van der Waals surface area contributed by atoms with Gasteiger partial charge in [-0.25, -0.2) is 22.0 Å². The molecule has 1 amide bonds. The first kappa shape index (κ1) is 23.9. The Labute approximate surface area is 189 Å². The summed E-state index contributed by atoms with van der Waals surface area (Å²) in [5, 5.41) is 2.30. The second kappa shape index (κ2) is 9.78. The molecule has 10 heteroatoms. The van der Waals surface area contributed by atoms with E-state index >= 15 is 0 Å². The van der Waals surface area contributed by atoms with Gasteiger partial charge in [-0.2, -0.15) is 0 Å². The number of ether oxygens (including phenoxy) is 1. The predicted octanol–water partition coefficient (Wildman–Crippen LogP) is 4.18. The third kappa shape index (κ3) is 5.92. The van der Waals surface area contributed by atoms with Gasteiger partial charge in [-0.05, 0) is 67.4 Å². The molecule has 7 nitrogen and oxygen atoms in total. The monoisotopic (exact) mass is 474 g/mol. The number of anilines is 2. The van der Waals surface area contributed by atoms with Crippen LogP contribution in [0.25, 0.3) is 0 Å². The summed E-state index contributed by atoms with van der Waals surface area (Å²) < 4.78 is 59.9. The van der Waals surface area contributed by atoms with Gasteiger partial charge >= 0.3 is 5.97 Å². The summed E-state index contributed by atoms with van der Waals surface area (Å²) in [6.07, 6.45) is 0. The molecule has 3 aromatic rings. The van der Waals surface area contributed by atoms with Crippen molar-refractivity contribution in [2.75, 3.05) is 16.6 Å². The van der Waals surface area contributed by atoms with Gasteiger partial charge in [0.1, 0.15) is 11.6 Å². The zero-order valence-electron chi connectivity index (χ0n) is 17.7. The molecule has 2 N–H and O–H groups in total. The largest absolute Gasteiger partial charge is 0.452 e. The van der Waals surface area contributed by atoms with Crippen molar-refractivity contribution >= 4 is 33.3 Å². The Morgan fingerprint density at radius 1 is 0.939 bits per heavy atom. The van der Waals surface area contributed by atoms with Crippen LogP contribution in [0.5, 0.6) is 0 Å². The van der Waals surface area contributed by atoms with E-state index in [4.69, 9.17) is 4.74 Å². The average molecular weight is 474 g/mol. The fourth-order valence-electron chi connectivity index (χ4n) is 2.98. The maximum Gasteiger partial charge on any atom is 0.340 e. The Hall–Kier alpha value is -3.79. The molecule has 0 aliphatic heterocycles. The lowest BCUT2D eigenvalue weighted by Crippen LogP contribution is -2.22. The van der Waals surface area contributed by atoms with Crippen LogP contribution in [0.15, 0.2) is 65.6 Å². The molecule has 0 saturated carbocycles. The fraction of sp³-hybridized carbons (Fsp3) is 0.130. The zero-order chi connectivity index (χ0) is 24.2. The number of nitrogens with one attached hydrogen (secondary N) is 2. The molecular weight excluding hydrogens is 454 g/mol. The first-order valence-electron chi connectivity index (χ1n) is 9.68. The van der Waals surface area contributed by atoms with Crippen LogP contribution < -0.4 is 10.0 Å². The Morgan fingerprint density at radius 3 is 2.36 bits per heavy atom. The second-order valence-corrected chi connectivity index (χ2v) is 8.82. The van der Waals surface area contributed by atoms with Gasteiger partial charge < -0.3 is 10.1 Å². The third-order valence-corrected chi connectivity index (χ3v) is 6.08. The van der Waals surface area contributed by atoms with E-state index in [0.29, 0.717) is 5.56 Å². The molecule has 3 aromatic carbocycles. The van der Waals surface area contributed by atoms with Gasteiger partial charge in [-0.3, -0.25) is 9.52 Å². The number of esters is 1. The van der Waals surface area contributed by atoms with Crippen molar-refractivity contribution in [3.63, 3.8) is 0 Å². The van der Waals surface area contributed by atoms with Crippen molar-refractivity contribution in [3.8, 4) is 0 Å². The number of hydrogen-bond donors (Lipinski definition) is 2. The standard InChI is InChI=1S/C23H20F2N2O5S/c1-14-7-9-20(18(25)11-14)26-22(28)13-32-23(29)17-5-3-4-6-19(17)27-33(30,31)21-10-8-16(24)12-15(21)2/h3-12,27H,13H2,1-2H3,(H,26,28). The second-order valence-electron chi connectivity index (χ2n) is 7.17. The first-order chi connectivity index (χ1) is 15.6. The van der Waals surface area contributed by atoms with Crippen LogP contribution in [-0.2, 0) is 19.6 Å². The van der Waals surface area contributed by atoms with E-state index in [1.807, 2.05) is 0 Å². The van der Waals surface area contributed by atoms with Crippen LogP contribution in [0.1, 0.15) is 21.5 Å². The van der Waals surface area contributed by atoms with Crippen LogP contribution in [0.3, 0.4) is 0 Å². The number of halogens is 2. The van der Waals surface area contributed by atoms with Gasteiger partial charge in [-0.1, -0.05) is 18.2 Å². The molecule has 0 radical (unpaired) electrons. The molecule has 0 spiro atoms. The number of hydrogen-bond acceptors (Lipinski definition) is 5. The van der Waals surface area contributed by atoms with Gasteiger partial charge in [0.25, 0.3) is 15.9 Å². The van der Waals surface area contributed by atoms with Crippen molar-refractivity contribution in [2.24, 2.45) is 0 Å². The minimum absolute atomic E-state index is 0.0653. The van der Waals surface area contributed by atoms with E-state index in [-0.39, 0.29) is 27.4 Å². The Balaban J connectivity index is 1.71. The van der Waals surface area contributed by atoms with Gasteiger partial charge in [0.15, 0.2) is 6.61 Å². The summed E-state index contributed by atoms with van der Waals surface area (Å²) in [5.74, 6) is -2.96. The maximum atomic E-state index is 13.9. The molecule has 0 unspecified atom stereocenters. The lowest BCUT2D eigenvalue weighted by molar-refractivity contribution is -0.119. The van der Waals surface area contributed by atoms with E-state index in [9.17, 15) is 26.8 Å². The van der Waals surface area contributed by atoms with Crippen LogP contribution >= 0.6 is 0 Å².